The highest BCUT2D eigenvalue weighted by molar-refractivity contribution is 7.18. The zero-order chi connectivity index (χ0) is 17.1. The van der Waals surface area contributed by atoms with E-state index in [1.54, 1.807) is 18.2 Å². The third-order valence-corrected chi connectivity index (χ3v) is 4.95. The van der Waals surface area contributed by atoms with E-state index in [1.807, 2.05) is 30.1 Å². The molecule has 124 valence electrons. The van der Waals surface area contributed by atoms with Gasteiger partial charge in [0.1, 0.15) is 5.82 Å². The lowest BCUT2D eigenvalue weighted by Gasteiger charge is -2.19. The summed E-state index contributed by atoms with van der Waals surface area (Å²) in [4.78, 5) is 1.81. The van der Waals surface area contributed by atoms with Crippen molar-refractivity contribution in [3.8, 4) is 10.6 Å². The molecule has 0 amide bonds. The molecule has 1 unspecified atom stereocenters. The highest BCUT2D eigenvalue weighted by atomic mass is 35.5. The maximum Gasteiger partial charge on any atom is 0.208 e. The molecule has 1 heterocycles. The number of hydrogen-bond donors (Lipinski definition) is 1. The molecule has 3 aromatic rings. The Kier molecular flexibility index (Phi) is 5.08. The number of aliphatic hydroxyl groups excluding tert-OH is 1. The van der Waals surface area contributed by atoms with Crippen molar-refractivity contribution in [2.24, 2.45) is 0 Å². The van der Waals surface area contributed by atoms with Crippen LogP contribution in [0.25, 0.3) is 10.6 Å². The molecule has 0 aliphatic carbocycles. The molecule has 4 nitrogen and oxygen atoms in total. The molecule has 0 fully saturated rings. The summed E-state index contributed by atoms with van der Waals surface area (Å²) in [5.74, 6) is -0.326. The summed E-state index contributed by atoms with van der Waals surface area (Å²) >= 11 is 7.58. The Morgan fingerprint density at radius 1 is 1.17 bits per heavy atom. The van der Waals surface area contributed by atoms with E-state index in [2.05, 4.69) is 10.2 Å². The Morgan fingerprint density at radius 2 is 1.88 bits per heavy atom. The lowest BCUT2D eigenvalue weighted by molar-refractivity contribution is 0.185. The van der Waals surface area contributed by atoms with Gasteiger partial charge in [-0.3, -0.25) is 0 Å². The summed E-state index contributed by atoms with van der Waals surface area (Å²) in [6.07, 6.45) is -0.747. The predicted molar refractivity (Wildman–Crippen MR) is 95.0 cm³/mol. The van der Waals surface area contributed by atoms with Crippen molar-refractivity contribution in [2.75, 3.05) is 18.5 Å². The fourth-order valence-electron chi connectivity index (χ4n) is 2.24. The minimum absolute atomic E-state index is 0.322. The molecular weight excluding hydrogens is 349 g/mol. The van der Waals surface area contributed by atoms with Crippen molar-refractivity contribution in [3.63, 3.8) is 0 Å². The van der Waals surface area contributed by atoms with E-state index < -0.39 is 6.10 Å². The fraction of sp³-hybridized carbons (Fsp3) is 0.176. The molecule has 24 heavy (non-hydrogen) atoms. The summed E-state index contributed by atoms with van der Waals surface area (Å²) in [7, 11) is 1.82. The summed E-state index contributed by atoms with van der Waals surface area (Å²) < 4.78 is 13.0. The van der Waals surface area contributed by atoms with Crippen molar-refractivity contribution >= 4 is 28.1 Å². The maximum absolute atomic E-state index is 13.0. The van der Waals surface area contributed by atoms with Crippen LogP contribution in [0.4, 0.5) is 9.52 Å². The number of hydrogen-bond acceptors (Lipinski definition) is 5. The first-order chi connectivity index (χ1) is 11.5. The Balaban J connectivity index is 1.73. The molecule has 0 radical (unpaired) electrons. The lowest BCUT2D eigenvalue weighted by Crippen LogP contribution is -2.24. The average Bonchev–Trinajstić information content (AvgIpc) is 3.05. The Bertz CT molecular complexity index is 825. The zero-order valence-electron chi connectivity index (χ0n) is 12.9. The predicted octanol–water partition coefficient (Wildman–Crippen LogP) is 4.17. The zero-order valence-corrected chi connectivity index (χ0v) is 14.4. The van der Waals surface area contributed by atoms with E-state index >= 15 is 0 Å². The van der Waals surface area contributed by atoms with Crippen LogP contribution in [0, 0.1) is 5.82 Å². The van der Waals surface area contributed by atoms with Crippen LogP contribution in [-0.4, -0.2) is 28.9 Å². The molecule has 0 bridgehead atoms. The van der Waals surface area contributed by atoms with Gasteiger partial charge in [0.25, 0.3) is 0 Å². The topological polar surface area (TPSA) is 49.2 Å². The first kappa shape index (κ1) is 16.8. The van der Waals surface area contributed by atoms with Gasteiger partial charge in [-0.15, -0.1) is 10.2 Å². The van der Waals surface area contributed by atoms with Crippen LogP contribution in [-0.2, 0) is 0 Å². The Morgan fingerprint density at radius 3 is 2.58 bits per heavy atom. The van der Waals surface area contributed by atoms with Crippen LogP contribution in [0.3, 0.4) is 0 Å². The largest absolute Gasteiger partial charge is 0.387 e. The van der Waals surface area contributed by atoms with Crippen LogP contribution in [0.1, 0.15) is 11.7 Å². The number of halogens is 2. The van der Waals surface area contributed by atoms with E-state index in [0.29, 0.717) is 22.3 Å². The van der Waals surface area contributed by atoms with Gasteiger partial charge in [0.15, 0.2) is 5.01 Å². The van der Waals surface area contributed by atoms with Crippen LogP contribution in [0.2, 0.25) is 5.02 Å². The van der Waals surface area contributed by atoms with Gasteiger partial charge in [-0.1, -0.05) is 53.3 Å². The maximum atomic E-state index is 13.0. The molecular formula is C17H15ClFN3OS. The summed E-state index contributed by atoms with van der Waals surface area (Å²) in [6.45, 7) is 0.322. The van der Waals surface area contributed by atoms with Gasteiger partial charge in [0.05, 0.1) is 11.1 Å². The molecule has 2 aromatic carbocycles. The molecule has 0 saturated carbocycles. The molecule has 0 aliphatic rings. The molecule has 1 aromatic heterocycles. The summed E-state index contributed by atoms with van der Waals surface area (Å²) in [5.41, 5.74) is 1.48. The van der Waals surface area contributed by atoms with E-state index in [-0.39, 0.29) is 5.82 Å². The van der Waals surface area contributed by atoms with Gasteiger partial charge < -0.3 is 10.0 Å². The Labute approximate surface area is 148 Å². The smallest absolute Gasteiger partial charge is 0.208 e. The van der Waals surface area contributed by atoms with Gasteiger partial charge in [-0.25, -0.2) is 4.39 Å². The number of nitrogens with zero attached hydrogens (tertiary/aromatic N) is 3. The van der Waals surface area contributed by atoms with Crippen LogP contribution < -0.4 is 4.90 Å². The summed E-state index contributed by atoms with van der Waals surface area (Å²) in [6, 6.07) is 13.3. The average molecular weight is 364 g/mol. The van der Waals surface area contributed by atoms with E-state index in [4.69, 9.17) is 11.6 Å². The number of rotatable bonds is 5. The van der Waals surface area contributed by atoms with Gasteiger partial charge >= 0.3 is 0 Å². The molecule has 0 spiro atoms. The third kappa shape index (κ3) is 3.72. The second kappa shape index (κ2) is 7.25. The van der Waals surface area contributed by atoms with Gasteiger partial charge in [0, 0.05) is 19.2 Å². The van der Waals surface area contributed by atoms with Gasteiger partial charge in [-0.2, -0.15) is 0 Å². The molecule has 0 aliphatic heterocycles. The normalized spacial score (nSPS) is 12.2. The number of benzene rings is 2. The second-order valence-corrected chi connectivity index (χ2v) is 6.68. The first-order valence-corrected chi connectivity index (χ1v) is 8.47. The van der Waals surface area contributed by atoms with E-state index in [9.17, 15) is 9.50 Å². The van der Waals surface area contributed by atoms with Crippen LogP contribution >= 0.6 is 22.9 Å². The lowest BCUT2D eigenvalue weighted by atomic mass is 10.1. The van der Waals surface area contributed by atoms with Crippen LogP contribution in [0.5, 0.6) is 0 Å². The third-order valence-electron chi connectivity index (χ3n) is 3.55. The first-order valence-electron chi connectivity index (χ1n) is 7.27. The molecule has 1 N–H and O–H groups in total. The summed E-state index contributed by atoms with van der Waals surface area (Å²) in [5, 5.41) is 20.6. The van der Waals surface area contributed by atoms with Crippen molar-refractivity contribution < 1.29 is 9.50 Å². The van der Waals surface area contributed by atoms with Crippen molar-refractivity contribution in [1.82, 2.24) is 10.2 Å². The Hall–Kier alpha value is -2.02. The second-order valence-electron chi connectivity index (χ2n) is 5.32. The molecule has 3 rings (SSSR count). The fourth-order valence-corrected chi connectivity index (χ4v) is 3.38. The minimum atomic E-state index is -0.747. The van der Waals surface area contributed by atoms with Gasteiger partial charge in [-0.05, 0) is 23.8 Å². The van der Waals surface area contributed by atoms with Gasteiger partial charge in [0.2, 0.25) is 5.13 Å². The van der Waals surface area contributed by atoms with Crippen molar-refractivity contribution in [3.05, 3.63) is 64.9 Å². The number of likely N-dealkylation sites (N-methyl/N-ethyl adjacent to an activating group) is 1. The standard InChI is InChI=1S/C17H15ClFN3OS/c1-22(10-15(23)11-6-8-12(19)9-7-11)17-21-20-16(24-17)13-4-2-3-5-14(13)18/h2-9,15,23H,10H2,1H3. The van der Waals surface area contributed by atoms with Crippen molar-refractivity contribution in [2.45, 2.75) is 6.10 Å². The highest BCUT2D eigenvalue weighted by Gasteiger charge is 2.16. The highest BCUT2D eigenvalue weighted by Crippen LogP contribution is 2.33. The number of aliphatic hydroxyl groups is 1. The SMILES string of the molecule is CN(CC(O)c1ccc(F)cc1)c1nnc(-c2ccccc2Cl)s1. The number of aromatic nitrogens is 2. The van der Waals surface area contributed by atoms with E-state index in [1.165, 1.54) is 23.5 Å². The quantitative estimate of drug-likeness (QED) is 0.739. The van der Waals surface area contributed by atoms with E-state index in [0.717, 1.165) is 10.6 Å². The molecule has 7 heteroatoms. The van der Waals surface area contributed by atoms with Crippen LogP contribution in [0.15, 0.2) is 48.5 Å². The van der Waals surface area contributed by atoms with Crippen molar-refractivity contribution in [1.29, 1.82) is 0 Å². The number of anilines is 1. The minimum Gasteiger partial charge on any atom is -0.387 e. The molecule has 0 saturated heterocycles. The monoisotopic (exact) mass is 363 g/mol. The molecule has 1 atom stereocenters.